The van der Waals surface area contributed by atoms with E-state index in [4.69, 9.17) is 4.74 Å². The van der Waals surface area contributed by atoms with Gasteiger partial charge in [-0.2, -0.15) is 0 Å². The van der Waals surface area contributed by atoms with Crippen LogP contribution in [-0.2, 0) is 11.2 Å². The van der Waals surface area contributed by atoms with Gasteiger partial charge in [0.15, 0.2) is 0 Å². The van der Waals surface area contributed by atoms with Crippen LogP contribution in [0.4, 0.5) is 4.79 Å². The highest BCUT2D eigenvalue weighted by Gasteiger charge is 2.24. The Bertz CT molecular complexity index is 362. The lowest BCUT2D eigenvalue weighted by atomic mass is 10.1. The molecule has 0 fully saturated rings. The summed E-state index contributed by atoms with van der Waals surface area (Å²) < 4.78 is 5.33. The molecule has 3 nitrogen and oxygen atoms in total. The smallest absolute Gasteiger partial charge is 0.407 e. The number of alkyl carbamates (subject to hydrolysis) is 1. The normalized spacial score (nSPS) is 18.3. The third-order valence-electron chi connectivity index (χ3n) is 2.65. The quantitative estimate of drug-likeness (QED) is 0.805. The minimum absolute atomic E-state index is 0.0623. The Balaban J connectivity index is 2.04. The number of carbonyl (C=O) groups is 1. The Morgan fingerprint density at radius 1 is 1.53 bits per heavy atom. The maximum atomic E-state index is 11.3. The first kappa shape index (κ1) is 10.0. The Kier molecular flexibility index (Phi) is 2.90. The lowest BCUT2D eigenvalue weighted by Crippen LogP contribution is -2.25. The summed E-state index contributed by atoms with van der Waals surface area (Å²) in [5, 5.41) is 2.64. The van der Waals surface area contributed by atoms with Crippen molar-refractivity contribution in [3.8, 4) is 0 Å². The second-order valence-electron chi connectivity index (χ2n) is 3.66. The topological polar surface area (TPSA) is 38.3 Å². The van der Waals surface area contributed by atoms with E-state index in [1.54, 1.807) is 0 Å². The molecule has 15 heavy (non-hydrogen) atoms. The fourth-order valence-electron chi connectivity index (χ4n) is 1.96. The third-order valence-corrected chi connectivity index (χ3v) is 2.65. The van der Waals surface area contributed by atoms with Crippen molar-refractivity contribution < 1.29 is 9.53 Å². The summed E-state index contributed by atoms with van der Waals surface area (Å²) >= 11 is 0. The predicted octanol–water partition coefficient (Wildman–Crippen LogP) is 2.42. The molecule has 0 saturated heterocycles. The predicted molar refractivity (Wildman–Crippen MR) is 57.7 cm³/mol. The van der Waals surface area contributed by atoms with Crippen LogP contribution in [0.1, 0.15) is 30.6 Å². The molecule has 1 aromatic carbocycles. The fourth-order valence-corrected chi connectivity index (χ4v) is 1.96. The molecule has 0 spiro atoms. The van der Waals surface area contributed by atoms with Gasteiger partial charge in [-0.3, -0.25) is 0 Å². The van der Waals surface area contributed by atoms with Crippen molar-refractivity contribution in [3.63, 3.8) is 0 Å². The molecule has 1 aliphatic rings. The Morgan fingerprint density at radius 2 is 2.33 bits per heavy atom. The first-order chi connectivity index (χ1) is 7.31. The molecule has 0 aromatic heterocycles. The van der Waals surface area contributed by atoms with Crippen LogP contribution in [0, 0.1) is 0 Å². The molecule has 0 heterocycles. The van der Waals surface area contributed by atoms with Crippen molar-refractivity contribution in [2.45, 2.75) is 25.9 Å². The lowest BCUT2D eigenvalue weighted by Gasteiger charge is -2.13. The molecule has 3 heteroatoms. The summed E-state index contributed by atoms with van der Waals surface area (Å²) in [5.74, 6) is 0. The van der Waals surface area contributed by atoms with Gasteiger partial charge in [-0.15, -0.1) is 0 Å². The summed E-state index contributed by atoms with van der Waals surface area (Å²) in [6.45, 7) is 2.48. The van der Waals surface area contributed by atoms with Crippen molar-refractivity contribution in [1.82, 2.24) is 5.32 Å². The van der Waals surface area contributed by atoms with Crippen LogP contribution in [-0.4, -0.2) is 12.6 Å². The summed E-state index contributed by atoms with van der Waals surface area (Å²) in [4.78, 5) is 11.3. The molecule has 1 N–H and O–H groups in total. The molecule has 80 valence electrons. The van der Waals surface area contributed by atoms with Crippen LogP contribution in [0.5, 0.6) is 0 Å². The van der Waals surface area contributed by atoms with E-state index in [1.807, 2.05) is 25.1 Å². The first-order valence-corrected chi connectivity index (χ1v) is 5.33. The van der Waals surface area contributed by atoms with Crippen LogP contribution < -0.4 is 5.32 Å². The molecule has 1 aromatic rings. The standard InChI is InChI=1S/C12H15NO2/c1-2-13-12(14)15-11-8-7-9-5-3-4-6-10(9)11/h3-6,11H,2,7-8H2,1H3,(H,13,14). The number of ether oxygens (including phenoxy) is 1. The number of rotatable bonds is 2. The van der Waals surface area contributed by atoms with Gasteiger partial charge in [-0.25, -0.2) is 4.79 Å². The lowest BCUT2D eigenvalue weighted by molar-refractivity contribution is 0.0987. The average Bonchev–Trinajstić information content (AvgIpc) is 2.62. The second-order valence-corrected chi connectivity index (χ2v) is 3.66. The number of amides is 1. The second kappa shape index (κ2) is 4.34. The summed E-state index contributed by atoms with van der Waals surface area (Å²) in [7, 11) is 0. The van der Waals surface area contributed by atoms with E-state index in [0.717, 1.165) is 18.4 Å². The van der Waals surface area contributed by atoms with Gasteiger partial charge in [0, 0.05) is 6.54 Å². The molecule has 2 rings (SSSR count). The van der Waals surface area contributed by atoms with E-state index in [-0.39, 0.29) is 12.2 Å². The number of aryl methyl sites for hydroxylation is 1. The Hall–Kier alpha value is -1.51. The third kappa shape index (κ3) is 2.12. The average molecular weight is 205 g/mol. The van der Waals surface area contributed by atoms with Gasteiger partial charge >= 0.3 is 6.09 Å². The summed E-state index contributed by atoms with van der Waals surface area (Å²) in [5.41, 5.74) is 2.45. The Morgan fingerprint density at radius 3 is 3.13 bits per heavy atom. The molecule has 0 saturated carbocycles. The van der Waals surface area contributed by atoms with Crippen molar-refractivity contribution in [2.24, 2.45) is 0 Å². The highest BCUT2D eigenvalue weighted by Crippen LogP contribution is 2.33. The molecular formula is C12H15NO2. The monoisotopic (exact) mass is 205 g/mol. The highest BCUT2D eigenvalue weighted by atomic mass is 16.6. The molecule has 1 atom stereocenters. The van der Waals surface area contributed by atoms with Crippen molar-refractivity contribution in [3.05, 3.63) is 35.4 Å². The van der Waals surface area contributed by atoms with E-state index in [1.165, 1.54) is 5.56 Å². The van der Waals surface area contributed by atoms with Crippen molar-refractivity contribution in [2.75, 3.05) is 6.54 Å². The molecular weight excluding hydrogens is 190 g/mol. The van der Waals surface area contributed by atoms with E-state index in [0.29, 0.717) is 6.54 Å². The zero-order valence-corrected chi connectivity index (χ0v) is 8.82. The van der Waals surface area contributed by atoms with Gasteiger partial charge in [0.1, 0.15) is 6.10 Å². The van der Waals surface area contributed by atoms with E-state index < -0.39 is 0 Å². The number of benzene rings is 1. The van der Waals surface area contributed by atoms with Gasteiger partial charge in [0.2, 0.25) is 0 Å². The van der Waals surface area contributed by atoms with Crippen LogP contribution >= 0.6 is 0 Å². The van der Waals surface area contributed by atoms with Gasteiger partial charge in [0.05, 0.1) is 0 Å². The molecule has 0 bridgehead atoms. The SMILES string of the molecule is CCNC(=O)OC1CCc2ccccc21. The zero-order valence-electron chi connectivity index (χ0n) is 8.82. The molecule has 0 radical (unpaired) electrons. The molecule has 1 unspecified atom stereocenters. The number of hydrogen-bond donors (Lipinski definition) is 1. The zero-order chi connectivity index (χ0) is 10.7. The van der Waals surface area contributed by atoms with E-state index in [9.17, 15) is 4.79 Å². The van der Waals surface area contributed by atoms with Crippen LogP contribution in [0.3, 0.4) is 0 Å². The minimum Gasteiger partial charge on any atom is -0.441 e. The maximum Gasteiger partial charge on any atom is 0.407 e. The molecule has 1 amide bonds. The largest absolute Gasteiger partial charge is 0.441 e. The van der Waals surface area contributed by atoms with Crippen LogP contribution in [0.2, 0.25) is 0 Å². The van der Waals surface area contributed by atoms with Gasteiger partial charge in [-0.1, -0.05) is 24.3 Å². The fraction of sp³-hybridized carbons (Fsp3) is 0.417. The number of nitrogens with one attached hydrogen (secondary N) is 1. The van der Waals surface area contributed by atoms with E-state index >= 15 is 0 Å². The maximum absolute atomic E-state index is 11.3. The van der Waals surface area contributed by atoms with Gasteiger partial charge in [0.25, 0.3) is 0 Å². The van der Waals surface area contributed by atoms with Crippen molar-refractivity contribution >= 4 is 6.09 Å². The first-order valence-electron chi connectivity index (χ1n) is 5.33. The van der Waals surface area contributed by atoms with Crippen LogP contribution in [0.15, 0.2) is 24.3 Å². The van der Waals surface area contributed by atoms with Crippen molar-refractivity contribution in [1.29, 1.82) is 0 Å². The molecule has 0 aliphatic heterocycles. The van der Waals surface area contributed by atoms with E-state index in [2.05, 4.69) is 11.4 Å². The minimum atomic E-state index is -0.320. The van der Waals surface area contributed by atoms with Gasteiger partial charge in [-0.05, 0) is 30.9 Å². The molecule has 1 aliphatic carbocycles. The number of carbonyl (C=O) groups excluding carboxylic acids is 1. The number of hydrogen-bond acceptors (Lipinski definition) is 2. The number of fused-ring (bicyclic) bond motifs is 1. The summed E-state index contributed by atoms with van der Waals surface area (Å²) in [6, 6.07) is 8.13. The van der Waals surface area contributed by atoms with Gasteiger partial charge < -0.3 is 10.1 Å². The summed E-state index contributed by atoms with van der Waals surface area (Å²) in [6.07, 6.45) is 1.52. The van der Waals surface area contributed by atoms with Crippen LogP contribution in [0.25, 0.3) is 0 Å². The highest BCUT2D eigenvalue weighted by molar-refractivity contribution is 5.67. The Labute approximate surface area is 89.4 Å².